The highest BCUT2D eigenvalue weighted by molar-refractivity contribution is 9.10. The van der Waals surface area contributed by atoms with Gasteiger partial charge in [-0.2, -0.15) is 0 Å². The van der Waals surface area contributed by atoms with Crippen LogP contribution in [0.4, 0.5) is 15.8 Å². The van der Waals surface area contributed by atoms with Gasteiger partial charge in [-0.3, -0.25) is 9.52 Å². The SMILES string of the molecule is O=C(Nc1ccccc1NS(=O)(=O)c1cccs1)c1cc(Br)ccc1F. The lowest BCUT2D eigenvalue weighted by molar-refractivity contribution is 0.102. The highest BCUT2D eigenvalue weighted by Crippen LogP contribution is 2.27. The van der Waals surface area contributed by atoms with Gasteiger partial charge in [0.2, 0.25) is 0 Å². The average molecular weight is 455 g/mol. The van der Waals surface area contributed by atoms with Crippen LogP contribution in [-0.2, 0) is 10.0 Å². The van der Waals surface area contributed by atoms with Crippen LogP contribution in [0.15, 0.2) is 68.7 Å². The number of sulfonamides is 1. The first-order valence-corrected chi connectivity index (χ1v) is 10.4. The van der Waals surface area contributed by atoms with Gasteiger partial charge in [0, 0.05) is 4.47 Å². The van der Waals surface area contributed by atoms with E-state index in [4.69, 9.17) is 0 Å². The molecule has 1 heterocycles. The van der Waals surface area contributed by atoms with Crippen LogP contribution in [0.1, 0.15) is 10.4 Å². The predicted octanol–water partition coefficient (Wildman–Crippen LogP) is 4.70. The Labute approximate surface area is 162 Å². The fourth-order valence-corrected chi connectivity index (χ4v) is 4.59. The van der Waals surface area contributed by atoms with Crippen molar-refractivity contribution in [1.29, 1.82) is 0 Å². The highest BCUT2D eigenvalue weighted by atomic mass is 79.9. The summed E-state index contributed by atoms with van der Waals surface area (Å²) in [7, 11) is -3.77. The Morgan fingerprint density at radius 1 is 1.04 bits per heavy atom. The summed E-state index contributed by atoms with van der Waals surface area (Å²) in [6.45, 7) is 0. The minimum Gasteiger partial charge on any atom is -0.320 e. The zero-order valence-corrected chi connectivity index (χ0v) is 16.3. The summed E-state index contributed by atoms with van der Waals surface area (Å²) in [5.74, 6) is -1.37. The molecule has 0 saturated carbocycles. The molecule has 26 heavy (non-hydrogen) atoms. The summed E-state index contributed by atoms with van der Waals surface area (Å²) in [6.07, 6.45) is 0. The normalized spacial score (nSPS) is 11.2. The zero-order chi connectivity index (χ0) is 18.7. The minimum absolute atomic E-state index is 0.150. The van der Waals surface area contributed by atoms with Gasteiger partial charge in [0.25, 0.3) is 15.9 Å². The molecule has 134 valence electrons. The van der Waals surface area contributed by atoms with Crippen molar-refractivity contribution in [3.8, 4) is 0 Å². The van der Waals surface area contributed by atoms with Crippen LogP contribution in [0.5, 0.6) is 0 Å². The van der Waals surface area contributed by atoms with Gasteiger partial charge in [-0.25, -0.2) is 12.8 Å². The molecule has 0 bridgehead atoms. The van der Waals surface area contributed by atoms with Crippen molar-refractivity contribution >= 4 is 54.6 Å². The molecule has 0 fully saturated rings. The van der Waals surface area contributed by atoms with Crippen LogP contribution in [0, 0.1) is 5.82 Å². The molecule has 2 aromatic carbocycles. The standard InChI is InChI=1S/C17H12BrFN2O3S2/c18-11-7-8-13(19)12(10-11)17(22)20-14-4-1-2-5-15(14)21-26(23,24)16-6-3-9-25-16/h1-10,21H,(H,20,22). The lowest BCUT2D eigenvalue weighted by Crippen LogP contribution is -2.17. The average Bonchev–Trinajstić information content (AvgIpc) is 3.14. The van der Waals surface area contributed by atoms with E-state index in [0.717, 1.165) is 11.3 Å². The second kappa shape index (κ2) is 7.56. The Bertz CT molecular complexity index is 1050. The first kappa shape index (κ1) is 18.6. The van der Waals surface area contributed by atoms with E-state index >= 15 is 0 Å². The maximum Gasteiger partial charge on any atom is 0.271 e. The molecular weight excluding hydrogens is 443 g/mol. The number of nitrogens with one attached hydrogen (secondary N) is 2. The number of rotatable bonds is 5. The molecule has 0 radical (unpaired) electrons. The number of hydrogen-bond donors (Lipinski definition) is 2. The number of thiophene rings is 1. The van der Waals surface area contributed by atoms with Gasteiger partial charge in [0.15, 0.2) is 0 Å². The van der Waals surface area contributed by atoms with Crippen LogP contribution in [-0.4, -0.2) is 14.3 Å². The maximum atomic E-state index is 13.9. The third-order valence-electron chi connectivity index (χ3n) is 3.35. The van der Waals surface area contributed by atoms with Gasteiger partial charge in [-0.05, 0) is 41.8 Å². The van der Waals surface area contributed by atoms with E-state index in [9.17, 15) is 17.6 Å². The summed E-state index contributed by atoms with van der Waals surface area (Å²) in [6, 6.07) is 13.4. The van der Waals surface area contributed by atoms with Crippen molar-refractivity contribution in [3.63, 3.8) is 0 Å². The number of amides is 1. The highest BCUT2D eigenvalue weighted by Gasteiger charge is 2.19. The first-order chi connectivity index (χ1) is 12.4. The van der Waals surface area contributed by atoms with E-state index in [-0.39, 0.29) is 21.1 Å². The van der Waals surface area contributed by atoms with E-state index in [1.54, 1.807) is 23.6 Å². The summed E-state index contributed by atoms with van der Waals surface area (Å²) in [4.78, 5) is 12.4. The molecule has 0 aliphatic heterocycles. The second-order valence-corrected chi connectivity index (χ2v) is 8.93. The molecule has 1 aromatic heterocycles. The molecule has 1 amide bonds. The molecule has 0 aliphatic rings. The van der Waals surface area contributed by atoms with Crippen LogP contribution < -0.4 is 10.0 Å². The number of carbonyl (C=O) groups is 1. The quantitative estimate of drug-likeness (QED) is 0.586. The fraction of sp³-hybridized carbons (Fsp3) is 0. The fourth-order valence-electron chi connectivity index (χ4n) is 2.15. The molecule has 0 unspecified atom stereocenters. The van der Waals surface area contributed by atoms with Crippen LogP contribution in [0.2, 0.25) is 0 Å². The van der Waals surface area contributed by atoms with E-state index in [1.165, 1.54) is 36.4 Å². The third-order valence-corrected chi connectivity index (χ3v) is 6.61. The van der Waals surface area contributed by atoms with E-state index in [2.05, 4.69) is 26.0 Å². The van der Waals surface area contributed by atoms with Crippen molar-refractivity contribution in [2.75, 3.05) is 10.0 Å². The van der Waals surface area contributed by atoms with Gasteiger partial charge in [0.1, 0.15) is 10.0 Å². The monoisotopic (exact) mass is 454 g/mol. The number of hydrogen-bond acceptors (Lipinski definition) is 4. The molecule has 0 atom stereocenters. The van der Waals surface area contributed by atoms with E-state index in [0.29, 0.717) is 4.47 Å². The molecular formula is C17H12BrFN2O3S2. The smallest absolute Gasteiger partial charge is 0.271 e. The Balaban J connectivity index is 1.88. The molecule has 0 spiro atoms. The number of halogens is 2. The zero-order valence-electron chi connectivity index (χ0n) is 13.1. The van der Waals surface area contributed by atoms with Crippen molar-refractivity contribution in [2.24, 2.45) is 0 Å². The van der Waals surface area contributed by atoms with Gasteiger partial charge in [-0.15, -0.1) is 11.3 Å². The lowest BCUT2D eigenvalue weighted by Gasteiger charge is -2.13. The third kappa shape index (κ3) is 4.12. The Morgan fingerprint density at radius 2 is 1.77 bits per heavy atom. The number of benzene rings is 2. The number of anilines is 2. The Morgan fingerprint density at radius 3 is 2.46 bits per heavy atom. The summed E-state index contributed by atoms with van der Waals surface area (Å²) >= 11 is 4.27. The molecule has 5 nitrogen and oxygen atoms in total. The minimum atomic E-state index is -3.77. The summed E-state index contributed by atoms with van der Waals surface area (Å²) in [5, 5.41) is 4.19. The molecule has 2 N–H and O–H groups in total. The van der Waals surface area contributed by atoms with Gasteiger partial charge >= 0.3 is 0 Å². The lowest BCUT2D eigenvalue weighted by atomic mass is 10.2. The van der Waals surface area contributed by atoms with Crippen LogP contribution in [0.25, 0.3) is 0 Å². The van der Waals surface area contributed by atoms with Crippen molar-refractivity contribution < 1.29 is 17.6 Å². The second-order valence-electron chi connectivity index (χ2n) is 5.16. The maximum absolute atomic E-state index is 13.9. The molecule has 0 aliphatic carbocycles. The van der Waals surface area contributed by atoms with Crippen molar-refractivity contribution in [1.82, 2.24) is 0 Å². The molecule has 9 heteroatoms. The first-order valence-electron chi connectivity index (χ1n) is 7.28. The van der Waals surface area contributed by atoms with Crippen LogP contribution >= 0.6 is 27.3 Å². The Kier molecular flexibility index (Phi) is 5.40. The van der Waals surface area contributed by atoms with Crippen LogP contribution in [0.3, 0.4) is 0 Å². The molecule has 0 saturated heterocycles. The van der Waals surface area contributed by atoms with E-state index < -0.39 is 21.7 Å². The predicted molar refractivity (Wildman–Crippen MR) is 104 cm³/mol. The molecule has 3 aromatic rings. The largest absolute Gasteiger partial charge is 0.320 e. The van der Waals surface area contributed by atoms with Gasteiger partial charge < -0.3 is 5.32 Å². The van der Waals surface area contributed by atoms with Crippen molar-refractivity contribution in [2.45, 2.75) is 4.21 Å². The topological polar surface area (TPSA) is 75.3 Å². The summed E-state index contributed by atoms with van der Waals surface area (Å²) in [5.41, 5.74) is 0.247. The van der Waals surface area contributed by atoms with Crippen molar-refractivity contribution in [3.05, 3.63) is 75.8 Å². The molecule has 3 rings (SSSR count). The van der Waals surface area contributed by atoms with E-state index in [1.807, 2.05) is 0 Å². The number of para-hydroxylation sites is 2. The summed E-state index contributed by atoms with van der Waals surface area (Å²) < 4.78 is 41.8. The van der Waals surface area contributed by atoms with Gasteiger partial charge in [0.05, 0.1) is 16.9 Å². The Hall–Kier alpha value is -2.23. The van der Waals surface area contributed by atoms with Gasteiger partial charge in [-0.1, -0.05) is 34.1 Å². The number of carbonyl (C=O) groups excluding carboxylic acids is 1.